The molecule has 1 nitrogen and oxygen atoms in total. The van der Waals surface area contributed by atoms with Crippen molar-refractivity contribution in [3.8, 4) is 0 Å². The molecule has 2 aromatic rings. The molecule has 1 heterocycles. The van der Waals surface area contributed by atoms with E-state index < -0.39 is 0 Å². The average Bonchev–Trinajstić information content (AvgIpc) is 2.79. The van der Waals surface area contributed by atoms with Crippen molar-refractivity contribution in [1.82, 2.24) is 5.32 Å². The van der Waals surface area contributed by atoms with Crippen LogP contribution in [0.5, 0.6) is 0 Å². The zero-order valence-electron chi connectivity index (χ0n) is 11.5. The second-order valence-electron chi connectivity index (χ2n) is 4.40. The number of halogens is 2. The topological polar surface area (TPSA) is 12.0 Å². The number of nitrogens with one attached hydrogen (secondary N) is 1. The zero-order chi connectivity index (χ0) is 14.5. The van der Waals surface area contributed by atoms with E-state index in [-0.39, 0.29) is 6.04 Å². The molecule has 2 rings (SSSR count). The van der Waals surface area contributed by atoms with Gasteiger partial charge in [-0.15, -0.1) is 23.1 Å². The Morgan fingerprint density at radius 3 is 2.65 bits per heavy atom. The molecule has 0 spiro atoms. The highest BCUT2D eigenvalue weighted by Gasteiger charge is 2.19. The number of hydrogen-bond donors (Lipinski definition) is 1. The maximum Gasteiger partial charge on any atom is 0.0843 e. The summed E-state index contributed by atoms with van der Waals surface area (Å²) in [5.74, 6) is 0. The van der Waals surface area contributed by atoms with E-state index in [4.69, 9.17) is 0 Å². The Kier molecular flexibility index (Phi) is 6.62. The molecule has 20 heavy (non-hydrogen) atoms. The van der Waals surface area contributed by atoms with Gasteiger partial charge in [-0.05, 0) is 68.8 Å². The fourth-order valence-corrected chi connectivity index (χ4v) is 4.88. The molecule has 0 radical (unpaired) electrons. The molecule has 0 aliphatic heterocycles. The first kappa shape index (κ1) is 16.6. The van der Waals surface area contributed by atoms with Crippen LogP contribution in [0.25, 0.3) is 0 Å². The van der Waals surface area contributed by atoms with E-state index in [0.717, 1.165) is 21.2 Å². The Hall–Kier alpha value is 0.190. The minimum absolute atomic E-state index is 0.256. The van der Waals surface area contributed by atoms with E-state index in [9.17, 15) is 0 Å². The maximum atomic E-state index is 3.67. The number of rotatable bonds is 6. The summed E-state index contributed by atoms with van der Waals surface area (Å²) in [6.07, 6.45) is 3.27. The lowest BCUT2D eigenvalue weighted by molar-refractivity contribution is 0.599. The van der Waals surface area contributed by atoms with Crippen molar-refractivity contribution < 1.29 is 0 Å². The van der Waals surface area contributed by atoms with Crippen molar-refractivity contribution in [3.63, 3.8) is 0 Å². The van der Waals surface area contributed by atoms with Crippen LogP contribution in [0.4, 0.5) is 0 Å². The molecular weight excluding hydrogens is 418 g/mol. The number of benzene rings is 1. The summed E-state index contributed by atoms with van der Waals surface area (Å²) in [7, 11) is 0. The molecule has 1 atom stereocenters. The van der Waals surface area contributed by atoms with Crippen LogP contribution in [0.1, 0.15) is 29.8 Å². The van der Waals surface area contributed by atoms with Crippen LogP contribution in [0.15, 0.2) is 43.5 Å². The van der Waals surface area contributed by atoms with E-state index in [1.165, 1.54) is 15.3 Å². The third-order valence-electron chi connectivity index (χ3n) is 3.00. The fourth-order valence-electron chi connectivity index (χ4n) is 2.06. The minimum atomic E-state index is 0.256. The van der Waals surface area contributed by atoms with Gasteiger partial charge in [-0.2, -0.15) is 0 Å². The van der Waals surface area contributed by atoms with Crippen LogP contribution < -0.4 is 5.32 Å². The van der Waals surface area contributed by atoms with Crippen molar-refractivity contribution in [2.75, 3.05) is 12.8 Å². The van der Waals surface area contributed by atoms with Crippen LogP contribution in [0.2, 0.25) is 0 Å². The Morgan fingerprint density at radius 2 is 2.05 bits per heavy atom. The van der Waals surface area contributed by atoms with Gasteiger partial charge in [0.15, 0.2) is 0 Å². The summed E-state index contributed by atoms with van der Waals surface area (Å²) in [6.45, 7) is 3.21. The average molecular weight is 435 g/mol. The molecule has 108 valence electrons. The molecule has 0 fully saturated rings. The van der Waals surface area contributed by atoms with Crippen LogP contribution in [0, 0.1) is 0 Å². The van der Waals surface area contributed by atoms with Gasteiger partial charge in [-0.3, -0.25) is 0 Å². The number of hydrogen-bond acceptors (Lipinski definition) is 3. The normalized spacial score (nSPS) is 12.6. The molecule has 0 bridgehead atoms. The summed E-state index contributed by atoms with van der Waals surface area (Å²) in [4.78, 5) is 2.67. The van der Waals surface area contributed by atoms with Gasteiger partial charge in [0.25, 0.3) is 0 Å². The molecule has 0 aliphatic rings. The summed E-state index contributed by atoms with van der Waals surface area (Å²) in [5.41, 5.74) is 1.36. The lowest BCUT2D eigenvalue weighted by atomic mass is 10.1. The van der Waals surface area contributed by atoms with E-state index in [1.807, 2.05) is 0 Å². The highest BCUT2D eigenvalue weighted by Crippen LogP contribution is 2.39. The van der Waals surface area contributed by atoms with E-state index in [1.54, 1.807) is 23.1 Å². The molecule has 0 saturated heterocycles. The Labute approximate surface area is 145 Å². The van der Waals surface area contributed by atoms with Gasteiger partial charge in [0.1, 0.15) is 0 Å². The first-order valence-electron chi connectivity index (χ1n) is 6.48. The van der Waals surface area contributed by atoms with Crippen molar-refractivity contribution in [3.05, 3.63) is 49.0 Å². The first-order valence-corrected chi connectivity index (χ1v) is 10.1. The Bertz CT molecular complexity index is 549. The molecule has 0 saturated carbocycles. The van der Waals surface area contributed by atoms with Crippen molar-refractivity contribution in [2.45, 2.75) is 24.3 Å². The van der Waals surface area contributed by atoms with Crippen LogP contribution in [-0.2, 0) is 0 Å². The summed E-state index contributed by atoms with van der Waals surface area (Å²) < 4.78 is 2.28. The van der Waals surface area contributed by atoms with Crippen molar-refractivity contribution in [2.24, 2.45) is 0 Å². The highest BCUT2D eigenvalue weighted by atomic mass is 79.9. The van der Waals surface area contributed by atoms with Gasteiger partial charge in [0.05, 0.1) is 9.83 Å². The minimum Gasteiger partial charge on any atom is -0.306 e. The highest BCUT2D eigenvalue weighted by molar-refractivity contribution is 9.13. The van der Waals surface area contributed by atoms with E-state index >= 15 is 0 Å². The van der Waals surface area contributed by atoms with E-state index in [0.29, 0.717) is 0 Å². The lowest BCUT2D eigenvalue weighted by Gasteiger charge is -2.20. The lowest BCUT2D eigenvalue weighted by Crippen LogP contribution is -2.22. The quantitative estimate of drug-likeness (QED) is 0.552. The second kappa shape index (κ2) is 7.99. The van der Waals surface area contributed by atoms with Crippen molar-refractivity contribution >= 4 is 55.0 Å². The zero-order valence-corrected chi connectivity index (χ0v) is 16.3. The number of thioether (sulfide) groups is 1. The molecule has 5 heteroatoms. The fraction of sp³-hybridized carbons (Fsp3) is 0.333. The summed E-state index contributed by atoms with van der Waals surface area (Å²) in [5, 5.41) is 3.67. The summed E-state index contributed by atoms with van der Waals surface area (Å²) >= 11 is 10.8. The first-order chi connectivity index (χ1) is 9.67. The molecule has 0 aliphatic carbocycles. The molecule has 1 aromatic heterocycles. The van der Waals surface area contributed by atoms with Crippen molar-refractivity contribution in [1.29, 1.82) is 0 Å². The summed E-state index contributed by atoms with van der Waals surface area (Å²) in [6, 6.07) is 11.1. The molecule has 0 amide bonds. The van der Waals surface area contributed by atoms with Gasteiger partial charge in [-0.1, -0.05) is 25.1 Å². The SMILES string of the molecule is CCCNC(c1cc(Br)c(Br)s1)c1ccccc1SC. The smallest absolute Gasteiger partial charge is 0.0843 e. The maximum absolute atomic E-state index is 3.67. The van der Waals surface area contributed by atoms with Crippen LogP contribution in [-0.4, -0.2) is 12.8 Å². The van der Waals surface area contributed by atoms with E-state index in [2.05, 4.69) is 80.7 Å². The molecule has 1 aromatic carbocycles. The predicted molar refractivity (Wildman–Crippen MR) is 98.1 cm³/mol. The van der Waals surface area contributed by atoms with Gasteiger partial charge in [-0.25, -0.2) is 0 Å². The van der Waals surface area contributed by atoms with Gasteiger partial charge in [0, 0.05) is 14.2 Å². The van der Waals surface area contributed by atoms with Crippen LogP contribution >= 0.6 is 55.0 Å². The van der Waals surface area contributed by atoms with Gasteiger partial charge >= 0.3 is 0 Å². The standard InChI is InChI=1S/C15H17Br2NS2/c1-3-8-18-14(13-9-11(16)15(17)20-13)10-6-4-5-7-12(10)19-2/h4-7,9,14,18H,3,8H2,1-2H3. The number of thiophene rings is 1. The second-order valence-corrected chi connectivity index (χ2v) is 8.50. The van der Waals surface area contributed by atoms with Crippen LogP contribution in [0.3, 0.4) is 0 Å². The Balaban J connectivity index is 2.41. The monoisotopic (exact) mass is 433 g/mol. The molecule has 1 N–H and O–H groups in total. The third kappa shape index (κ3) is 3.89. The third-order valence-corrected chi connectivity index (χ3v) is 7.13. The van der Waals surface area contributed by atoms with Gasteiger partial charge < -0.3 is 5.32 Å². The molecule has 1 unspecified atom stereocenters. The predicted octanol–water partition coefficient (Wildman–Crippen LogP) is 6.08. The van der Waals surface area contributed by atoms with Gasteiger partial charge in [0.2, 0.25) is 0 Å². The largest absolute Gasteiger partial charge is 0.306 e. The Morgan fingerprint density at radius 1 is 1.30 bits per heavy atom. The molecular formula is C15H17Br2NS2.